The van der Waals surface area contributed by atoms with E-state index in [0.29, 0.717) is 0 Å². The van der Waals surface area contributed by atoms with Gasteiger partial charge in [-0.25, -0.2) is 9.18 Å². The summed E-state index contributed by atoms with van der Waals surface area (Å²) in [5.41, 5.74) is -2.54. The van der Waals surface area contributed by atoms with Crippen LogP contribution in [0.2, 0.25) is 0 Å². The van der Waals surface area contributed by atoms with Gasteiger partial charge in [0.2, 0.25) is 6.41 Å². The van der Waals surface area contributed by atoms with Crippen LogP contribution in [-0.4, -0.2) is 78.7 Å². The Kier molecular flexibility index (Phi) is 10.9. The van der Waals surface area contributed by atoms with Gasteiger partial charge in [0.05, 0.1) is 26.5 Å². The van der Waals surface area contributed by atoms with Crippen molar-refractivity contribution in [3.63, 3.8) is 0 Å². The number of carbonyl (C=O) groups excluding carboxylic acids is 3. The smallest absolute Gasteiger partial charge is 0.412 e. The first kappa shape index (κ1) is 26.8. The minimum absolute atomic E-state index is 0.0656. The number of hydrogen-bond donors (Lipinski definition) is 4. The van der Waals surface area contributed by atoms with Crippen LogP contribution in [0.25, 0.3) is 0 Å². The highest BCUT2D eigenvalue weighted by Gasteiger charge is 2.48. The fourth-order valence-electron chi connectivity index (χ4n) is 2.28. The van der Waals surface area contributed by atoms with E-state index in [2.05, 4.69) is 15.0 Å². The Bertz CT molecular complexity index is 705. The number of aliphatic hydroxyl groups is 2. The molecule has 0 aromatic rings. The molecule has 2 amide bonds. The van der Waals surface area contributed by atoms with Crippen LogP contribution < -0.4 is 10.6 Å². The second-order valence-electron chi connectivity index (χ2n) is 7.19. The van der Waals surface area contributed by atoms with Crippen molar-refractivity contribution in [1.82, 2.24) is 10.6 Å². The molecule has 0 aromatic carbocycles. The van der Waals surface area contributed by atoms with Crippen molar-refractivity contribution in [3.05, 3.63) is 11.6 Å². The number of hydrogen-bond acceptors (Lipinski definition) is 10. The number of esters is 1. The largest absolute Gasteiger partial charge is 0.468 e. The quantitative estimate of drug-likeness (QED) is 0.191. The molecule has 0 saturated carbocycles. The van der Waals surface area contributed by atoms with E-state index in [-0.39, 0.29) is 24.7 Å². The molecule has 0 aromatic heterocycles. The molecule has 0 radical (unpaired) electrons. The summed E-state index contributed by atoms with van der Waals surface area (Å²) in [7, 11) is 1.13. The zero-order valence-corrected chi connectivity index (χ0v) is 18.5. The van der Waals surface area contributed by atoms with Crippen molar-refractivity contribution in [1.29, 1.82) is 0 Å². The van der Waals surface area contributed by atoms with Gasteiger partial charge in [-0.1, -0.05) is 13.8 Å². The van der Waals surface area contributed by atoms with Crippen LogP contribution in [0.3, 0.4) is 0 Å². The van der Waals surface area contributed by atoms with E-state index >= 15 is 0 Å². The third-order valence-corrected chi connectivity index (χ3v) is 5.33. The van der Waals surface area contributed by atoms with E-state index in [1.807, 2.05) is 19.2 Å². The normalized spacial score (nSPS) is 22.5. The molecule has 11 nitrogen and oxygen atoms in total. The molecule has 0 spiro atoms. The highest BCUT2D eigenvalue weighted by atomic mass is 32.2. The SMILES string of the molecule is COC(=O)C(C)(CO)C(O)[C@H]1O[C@@H](N=CC(F)=C(NC=O)NC(=O)OCC(C)C)CS1. The molecule has 1 rings (SSSR count). The Hall–Kier alpha value is -2.22. The summed E-state index contributed by atoms with van der Waals surface area (Å²) in [6.07, 6.45) is -2.35. The molecule has 1 fully saturated rings. The summed E-state index contributed by atoms with van der Waals surface area (Å²) < 4.78 is 29.3. The second-order valence-corrected chi connectivity index (χ2v) is 8.32. The Balaban J connectivity index is 2.80. The van der Waals surface area contributed by atoms with Crippen LogP contribution in [0, 0.1) is 11.3 Å². The molecule has 176 valence electrons. The topological polar surface area (TPSA) is 156 Å². The lowest BCUT2D eigenvalue weighted by Gasteiger charge is -2.32. The number of aliphatic hydroxyl groups excluding tert-OH is 2. The molecule has 1 heterocycles. The number of halogens is 1. The van der Waals surface area contributed by atoms with Gasteiger partial charge in [-0.15, -0.1) is 11.8 Å². The third-order valence-electron chi connectivity index (χ3n) is 4.16. The van der Waals surface area contributed by atoms with Crippen LogP contribution in [0.1, 0.15) is 20.8 Å². The standard InChI is InChI=1S/C18H28FN3O8S/c1-10(2)6-29-17(27)22-14(21-9-24)11(19)5-20-12-7-31-15(30-12)13(25)18(3,8-23)16(26)28-4/h5,9-10,12-13,15,23,25H,6-8H2,1-4H3,(H,21,24)(H,22,27)/t12-,13?,15+,18?/m1/s1. The van der Waals surface area contributed by atoms with E-state index in [0.717, 1.165) is 25.1 Å². The fraction of sp³-hybridized carbons (Fsp3) is 0.667. The van der Waals surface area contributed by atoms with E-state index in [4.69, 9.17) is 9.47 Å². The van der Waals surface area contributed by atoms with Crippen LogP contribution in [0.5, 0.6) is 0 Å². The average molecular weight is 466 g/mol. The predicted molar refractivity (Wildman–Crippen MR) is 109 cm³/mol. The van der Waals surface area contributed by atoms with Gasteiger partial charge in [0.25, 0.3) is 0 Å². The summed E-state index contributed by atoms with van der Waals surface area (Å²) in [5, 5.41) is 24.1. The number of nitrogens with zero attached hydrogens (tertiary/aromatic N) is 1. The summed E-state index contributed by atoms with van der Waals surface area (Å²) in [6.45, 7) is 4.39. The van der Waals surface area contributed by atoms with Crippen molar-refractivity contribution < 1.29 is 43.2 Å². The van der Waals surface area contributed by atoms with E-state index in [1.54, 1.807) is 0 Å². The molecule has 0 bridgehead atoms. The van der Waals surface area contributed by atoms with Crippen molar-refractivity contribution in [2.75, 3.05) is 26.1 Å². The first-order chi connectivity index (χ1) is 14.6. The number of carbonyl (C=O) groups is 3. The lowest BCUT2D eigenvalue weighted by Crippen LogP contribution is -2.49. The maximum atomic E-state index is 14.4. The number of aliphatic imine (C=N–C) groups is 1. The van der Waals surface area contributed by atoms with Crippen LogP contribution in [0.4, 0.5) is 9.18 Å². The highest BCUT2D eigenvalue weighted by Crippen LogP contribution is 2.36. The predicted octanol–water partition coefficient (Wildman–Crippen LogP) is 0.272. The molecule has 1 aliphatic heterocycles. The molecule has 13 heteroatoms. The summed E-state index contributed by atoms with van der Waals surface area (Å²) in [4.78, 5) is 38.1. The van der Waals surface area contributed by atoms with Crippen molar-refractivity contribution >= 4 is 36.4 Å². The third kappa shape index (κ3) is 7.76. The first-order valence-electron chi connectivity index (χ1n) is 9.30. The number of methoxy groups -OCH3 is 1. The van der Waals surface area contributed by atoms with Gasteiger partial charge < -0.3 is 29.7 Å². The lowest BCUT2D eigenvalue weighted by atomic mass is 9.85. The summed E-state index contributed by atoms with van der Waals surface area (Å²) in [5.74, 6) is -2.16. The lowest BCUT2D eigenvalue weighted by molar-refractivity contribution is -0.168. The van der Waals surface area contributed by atoms with Gasteiger partial charge in [0, 0.05) is 5.75 Å². The number of allylic oxidation sites excluding steroid dienone is 1. The number of alkyl carbamates (subject to hydrolysis) is 1. The van der Waals surface area contributed by atoms with E-state index < -0.39 is 53.5 Å². The molecule has 4 N–H and O–H groups in total. The Morgan fingerprint density at radius 2 is 2.13 bits per heavy atom. The van der Waals surface area contributed by atoms with E-state index in [1.165, 1.54) is 6.92 Å². The number of thioether (sulfide) groups is 1. The first-order valence-corrected chi connectivity index (χ1v) is 10.3. The Morgan fingerprint density at radius 3 is 2.68 bits per heavy atom. The van der Waals surface area contributed by atoms with Crippen LogP contribution in [0.15, 0.2) is 16.6 Å². The van der Waals surface area contributed by atoms with Crippen LogP contribution in [-0.2, 0) is 23.8 Å². The molecule has 4 atom stereocenters. The number of ether oxygens (including phenoxy) is 3. The molecule has 2 unspecified atom stereocenters. The minimum atomic E-state index is -1.61. The van der Waals surface area contributed by atoms with E-state index in [9.17, 15) is 29.0 Å². The van der Waals surface area contributed by atoms with Crippen molar-refractivity contribution in [3.8, 4) is 0 Å². The molecule has 1 aliphatic rings. The van der Waals surface area contributed by atoms with Gasteiger partial charge >= 0.3 is 12.1 Å². The Labute approximate surface area is 183 Å². The van der Waals surface area contributed by atoms with Crippen molar-refractivity contribution in [2.24, 2.45) is 16.3 Å². The van der Waals surface area contributed by atoms with Gasteiger partial charge in [0.1, 0.15) is 17.0 Å². The second kappa shape index (κ2) is 12.6. The maximum absolute atomic E-state index is 14.4. The van der Waals surface area contributed by atoms with Gasteiger partial charge in [-0.2, -0.15) is 0 Å². The van der Waals surface area contributed by atoms with Crippen molar-refractivity contribution in [2.45, 2.75) is 38.5 Å². The molecular weight excluding hydrogens is 437 g/mol. The number of nitrogens with one attached hydrogen (secondary N) is 2. The van der Waals surface area contributed by atoms with Gasteiger partial charge in [-0.3, -0.25) is 19.9 Å². The molecule has 31 heavy (non-hydrogen) atoms. The maximum Gasteiger partial charge on any atom is 0.412 e. The average Bonchev–Trinajstić information content (AvgIpc) is 3.22. The summed E-state index contributed by atoms with van der Waals surface area (Å²) >= 11 is 1.11. The van der Waals surface area contributed by atoms with Crippen LogP contribution >= 0.6 is 11.8 Å². The number of rotatable bonds is 11. The molecule has 1 saturated heterocycles. The summed E-state index contributed by atoms with van der Waals surface area (Å²) in [6, 6.07) is 0. The monoisotopic (exact) mass is 465 g/mol. The van der Waals surface area contributed by atoms with Gasteiger partial charge in [0.15, 0.2) is 17.9 Å². The van der Waals surface area contributed by atoms with Gasteiger partial charge in [-0.05, 0) is 12.8 Å². The zero-order valence-electron chi connectivity index (χ0n) is 17.7. The minimum Gasteiger partial charge on any atom is -0.468 e. The molecule has 0 aliphatic carbocycles. The Morgan fingerprint density at radius 1 is 1.45 bits per heavy atom. The highest BCUT2D eigenvalue weighted by molar-refractivity contribution is 8.00. The number of amides is 2. The fourth-order valence-corrected chi connectivity index (χ4v) is 3.49. The zero-order chi connectivity index (χ0) is 23.6. The molecular formula is C18H28FN3O8S.